The number of hydrogen-bond acceptors (Lipinski definition) is 2. The first-order valence-corrected chi connectivity index (χ1v) is 15.1. The van der Waals surface area contributed by atoms with Crippen molar-refractivity contribution in [1.29, 1.82) is 0 Å². The maximum atomic E-state index is 6.49. The van der Waals surface area contributed by atoms with E-state index < -0.39 is 0 Å². The summed E-state index contributed by atoms with van der Waals surface area (Å²) in [6.07, 6.45) is 1.79. The van der Waals surface area contributed by atoms with Gasteiger partial charge in [0.25, 0.3) is 0 Å². The van der Waals surface area contributed by atoms with Crippen LogP contribution in [0.25, 0.3) is 49.7 Å². The Bertz CT molecular complexity index is 2460. The fourth-order valence-corrected chi connectivity index (χ4v) is 5.99. The van der Waals surface area contributed by atoms with Crippen LogP contribution in [0, 0.1) is 0 Å². The van der Waals surface area contributed by atoms with Gasteiger partial charge in [-0.05, 0) is 42.5 Å². The number of amidine groups is 2. The van der Waals surface area contributed by atoms with E-state index in [4.69, 9.17) is 15.7 Å². The molecule has 0 fully saturated rings. The number of H-pyrrole nitrogens is 2. The molecule has 5 aromatic carbocycles. The lowest BCUT2D eigenvalue weighted by molar-refractivity contribution is 0.791. The molecule has 8 heteroatoms. The van der Waals surface area contributed by atoms with Crippen LogP contribution in [-0.2, 0) is 6.67 Å². The summed E-state index contributed by atoms with van der Waals surface area (Å²) in [6, 6.07) is 46.8. The lowest BCUT2D eigenvalue weighted by Gasteiger charge is -2.11. The highest BCUT2D eigenvalue weighted by atomic mass is 15.3. The third-order valence-electron chi connectivity index (χ3n) is 8.14. The Hall–Kier alpha value is -6.41. The minimum absolute atomic E-state index is 0.349. The van der Waals surface area contributed by atoms with Gasteiger partial charge in [0.1, 0.15) is 12.5 Å². The topological polar surface area (TPSA) is 105 Å². The van der Waals surface area contributed by atoms with E-state index in [9.17, 15) is 0 Å². The molecule has 0 spiro atoms. The third-order valence-corrected chi connectivity index (χ3v) is 8.14. The first-order chi connectivity index (χ1) is 22.7. The molecule has 4 N–H and O–H groups in total. The highest BCUT2D eigenvalue weighted by Gasteiger charge is 2.16. The largest absolute Gasteiger partial charge is 0.383 e. The van der Waals surface area contributed by atoms with Crippen molar-refractivity contribution in [2.24, 2.45) is 15.7 Å². The normalized spacial score (nSPS) is 12.3. The van der Waals surface area contributed by atoms with Crippen molar-refractivity contribution in [2.45, 2.75) is 6.67 Å². The Morgan fingerprint density at radius 1 is 0.652 bits per heavy atom. The van der Waals surface area contributed by atoms with E-state index in [1.165, 1.54) is 0 Å². The van der Waals surface area contributed by atoms with Crippen LogP contribution in [0.1, 0.15) is 11.1 Å². The fraction of sp³-hybridized carbons (Fsp3) is 0.0263. The smallest absolute Gasteiger partial charge is 0.158 e. The molecule has 8 rings (SSSR count). The molecule has 0 saturated carbocycles. The van der Waals surface area contributed by atoms with E-state index in [-0.39, 0.29) is 0 Å². The number of pyridine rings is 1. The standard InChI is InChI=1S/C38H30N8/c39-36(26-13-3-1-4-14-26)43-37(27-15-5-2-6-16-27)41-25-45-31-20-9-7-17-28(31)35-33(45)22-11-23-34(35)46-32-21-10-8-18-29(32)42-38-30(44-46)19-12-24-40-38/h1-24,44H,25H2,(H,40,42)(H2,39,41,43). The Labute approximate surface area is 264 Å². The predicted molar refractivity (Wildman–Crippen MR) is 188 cm³/mol. The number of para-hydroxylation sites is 3. The van der Waals surface area contributed by atoms with E-state index in [0.717, 1.165) is 60.8 Å². The van der Waals surface area contributed by atoms with Crippen molar-refractivity contribution in [3.05, 3.63) is 157 Å². The number of nitrogens with two attached hydrogens (primary N) is 1. The van der Waals surface area contributed by atoms with Crippen LogP contribution in [0.4, 0.5) is 0 Å². The maximum Gasteiger partial charge on any atom is 0.158 e. The lowest BCUT2D eigenvalue weighted by Crippen LogP contribution is -2.16. The van der Waals surface area contributed by atoms with E-state index in [0.29, 0.717) is 18.3 Å². The molecular weight excluding hydrogens is 568 g/mol. The monoisotopic (exact) mass is 598 g/mol. The van der Waals surface area contributed by atoms with Crippen LogP contribution in [0.5, 0.6) is 0 Å². The average Bonchev–Trinajstić information content (AvgIpc) is 3.33. The molecule has 3 aromatic heterocycles. The van der Waals surface area contributed by atoms with Gasteiger partial charge in [0, 0.05) is 28.1 Å². The van der Waals surface area contributed by atoms with Crippen molar-refractivity contribution in [1.82, 2.24) is 24.3 Å². The molecule has 0 amide bonds. The second kappa shape index (κ2) is 11.6. The summed E-state index contributed by atoms with van der Waals surface area (Å²) in [4.78, 5) is 18.0. The third kappa shape index (κ3) is 4.88. The molecule has 0 aliphatic heterocycles. The number of hydrogen-bond donors (Lipinski definition) is 3. The molecule has 0 aliphatic carbocycles. The molecule has 8 nitrogen and oxygen atoms in total. The van der Waals surface area contributed by atoms with Crippen molar-refractivity contribution in [3.8, 4) is 5.69 Å². The summed E-state index contributed by atoms with van der Waals surface area (Å²) in [6.45, 7) is 0.349. The van der Waals surface area contributed by atoms with Crippen LogP contribution in [0.2, 0.25) is 0 Å². The highest BCUT2D eigenvalue weighted by molar-refractivity contribution is 6.13. The minimum atomic E-state index is 0.349. The van der Waals surface area contributed by atoms with Crippen LogP contribution >= 0.6 is 0 Å². The zero-order valence-electron chi connectivity index (χ0n) is 24.9. The number of aromatic amines is 2. The van der Waals surface area contributed by atoms with Gasteiger partial charge in [-0.3, -0.25) is 9.78 Å². The molecule has 0 bridgehead atoms. The number of rotatable bonds is 5. The first-order valence-electron chi connectivity index (χ1n) is 15.1. The first kappa shape index (κ1) is 27.2. The molecule has 8 aromatic rings. The van der Waals surface area contributed by atoms with Gasteiger partial charge in [0.15, 0.2) is 11.5 Å². The predicted octanol–water partition coefficient (Wildman–Crippen LogP) is 7.88. The number of fused-ring (bicyclic) bond motifs is 5. The zero-order valence-corrected chi connectivity index (χ0v) is 24.9. The zero-order chi connectivity index (χ0) is 30.9. The average molecular weight is 599 g/mol. The minimum Gasteiger partial charge on any atom is -0.383 e. The van der Waals surface area contributed by atoms with Gasteiger partial charge in [-0.1, -0.05) is 97.1 Å². The highest BCUT2D eigenvalue weighted by Crippen LogP contribution is 2.34. The SMILES string of the molecule is NC(=NC(=NCn1c2ccccc2c2c(-n3[nH]c4cccnc4[nH]c4ccccc43)cccc21)c1ccccc1)c1ccccc1. The summed E-state index contributed by atoms with van der Waals surface area (Å²) in [5.74, 6) is 0.990. The molecule has 0 saturated heterocycles. The molecule has 46 heavy (non-hydrogen) atoms. The van der Waals surface area contributed by atoms with Gasteiger partial charge >= 0.3 is 0 Å². The molecule has 222 valence electrons. The van der Waals surface area contributed by atoms with Gasteiger partial charge in [0.2, 0.25) is 0 Å². The number of aromatic nitrogens is 5. The van der Waals surface area contributed by atoms with E-state index in [1.54, 1.807) is 6.20 Å². The molecule has 0 aliphatic rings. The van der Waals surface area contributed by atoms with Crippen molar-refractivity contribution in [3.63, 3.8) is 0 Å². The Morgan fingerprint density at radius 2 is 1.33 bits per heavy atom. The van der Waals surface area contributed by atoms with Gasteiger partial charge in [-0.25, -0.2) is 15.0 Å². The van der Waals surface area contributed by atoms with Crippen LogP contribution in [0.3, 0.4) is 0 Å². The van der Waals surface area contributed by atoms with Crippen LogP contribution in [0.15, 0.2) is 156 Å². The van der Waals surface area contributed by atoms with Gasteiger partial charge in [0.05, 0.1) is 33.3 Å². The fourth-order valence-electron chi connectivity index (χ4n) is 5.99. The van der Waals surface area contributed by atoms with Gasteiger partial charge in [-0.2, -0.15) is 0 Å². The van der Waals surface area contributed by atoms with Crippen LogP contribution in [-0.4, -0.2) is 36.0 Å². The molecule has 0 radical (unpaired) electrons. The molecular formula is C38H30N8. The van der Waals surface area contributed by atoms with E-state index >= 15 is 0 Å². The van der Waals surface area contributed by atoms with E-state index in [2.05, 4.69) is 78.9 Å². The molecule has 0 unspecified atom stereocenters. The number of aliphatic imine (C=N–C) groups is 2. The van der Waals surface area contributed by atoms with Crippen molar-refractivity contribution >= 4 is 55.7 Å². The summed E-state index contributed by atoms with van der Waals surface area (Å²) in [7, 11) is 0. The summed E-state index contributed by atoms with van der Waals surface area (Å²) >= 11 is 0. The van der Waals surface area contributed by atoms with Crippen molar-refractivity contribution in [2.75, 3.05) is 0 Å². The summed E-state index contributed by atoms with van der Waals surface area (Å²) < 4.78 is 4.38. The van der Waals surface area contributed by atoms with Crippen LogP contribution < -0.4 is 5.73 Å². The van der Waals surface area contributed by atoms with Crippen molar-refractivity contribution < 1.29 is 0 Å². The number of nitrogens with zero attached hydrogens (tertiary/aromatic N) is 5. The van der Waals surface area contributed by atoms with Gasteiger partial charge < -0.3 is 15.3 Å². The summed E-state index contributed by atoms with van der Waals surface area (Å²) in [5, 5.41) is 5.88. The quantitative estimate of drug-likeness (QED) is 0.139. The lowest BCUT2D eigenvalue weighted by atomic mass is 10.1. The Kier molecular flexibility index (Phi) is 6.84. The second-order valence-electron chi connectivity index (χ2n) is 11.0. The number of benzene rings is 5. The summed E-state index contributed by atoms with van der Waals surface area (Å²) in [5.41, 5.74) is 15.0. The second-order valence-corrected chi connectivity index (χ2v) is 11.0. The Balaban J connectivity index is 1.35. The Morgan fingerprint density at radius 3 is 2.15 bits per heavy atom. The molecule has 0 atom stereocenters. The van der Waals surface area contributed by atoms with E-state index in [1.807, 2.05) is 84.9 Å². The van der Waals surface area contributed by atoms with Gasteiger partial charge in [-0.15, -0.1) is 0 Å². The molecule has 3 heterocycles. The number of nitrogens with one attached hydrogen (secondary N) is 2. The maximum absolute atomic E-state index is 6.49.